The van der Waals surface area contributed by atoms with E-state index in [1.165, 1.54) is 18.2 Å². The maximum atomic E-state index is 13.0. The molecule has 0 heterocycles. The second kappa shape index (κ2) is 6.39. The minimum Gasteiger partial charge on any atom is -0.478 e. The van der Waals surface area contributed by atoms with Gasteiger partial charge in [-0.2, -0.15) is 0 Å². The molecule has 0 aliphatic carbocycles. The highest BCUT2D eigenvalue weighted by atomic mass is 35.5. The molecule has 0 fully saturated rings. The second-order valence-corrected chi connectivity index (χ2v) is 4.68. The van der Waals surface area contributed by atoms with E-state index >= 15 is 0 Å². The van der Waals surface area contributed by atoms with Gasteiger partial charge in [0.05, 0.1) is 10.7 Å². The molecule has 0 aliphatic heterocycles. The normalized spacial score (nSPS) is 10.3. The molecular weight excluding hydrogens is 281 g/mol. The standard InChI is InChI=1S/C15H13ClFNO2/c16-12-5-2-6-13(14(12)15(19)20)18-8-7-10-3-1-4-11(17)9-10/h1-6,9,18H,7-8H2,(H,19,20). The molecule has 2 aromatic rings. The third-order valence-corrected chi connectivity index (χ3v) is 3.16. The fraction of sp³-hybridized carbons (Fsp3) is 0.133. The van der Waals surface area contributed by atoms with Gasteiger partial charge in [0.2, 0.25) is 0 Å². The number of carbonyl (C=O) groups is 1. The molecule has 0 unspecified atom stereocenters. The molecule has 5 heteroatoms. The Balaban J connectivity index is 2.05. The summed E-state index contributed by atoms with van der Waals surface area (Å²) in [5.41, 5.74) is 1.35. The van der Waals surface area contributed by atoms with Gasteiger partial charge in [0, 0.05) is 6.54 Å². The van der Waals surface area contributed by atoms with Gasteiger partial charge in [-0.25, -0.2) is 9.18 Å². The first-order valence-electron chi connectivity index (χ1n) is 6.08. The van der Waals surface area contributed by atoms with Crippen molar-refractivity contribution in [1.29, 1.82) is 0 Å². The number of benzene rings is 2. The van der Waals surface area contributed by atoms with Gasteiger partial charge < -0.3 is 10.4 Å². The van der Waals surface area contributed by atoms with Crippen LogP contribution in [0.1, 0.15) is 15.9 Å². The Bertz CT molecular complexity index is 631. The van der Waals surface area contributed by atoms with Crippen molar-refractivity contribution in [2.45, 2.75) is 6.42 Å². The summed E-state index contributed by atoms with van der Waals surface area (Å²) >= 11 is 5.87. The zero-order chi connectivity index (χ0) is 14.5. The van der Waals surface area contributed by atoms with Crippen molar-refractivity contribution in [2.24, 2.45) is 0 Å². The van der Waals surface area contributed by atoms with Crippen molar-refractivity contribution in [3.63, 3.8) is 0 Å². The first-order valence-corrected chi connectivity index (χ1v) is 6.46. The van der Waals surface area contributed by atoms with Crippen LogP contribution in [0.4, 0.5) is 10.1 Å². The number of halogens is 2. The van der Waals surface area contributed by atoms with Gasteiger partial charge in [-0.3, -0.25) is 0 Å². The summed E-state index contributed by atoms with van der Waals surface area (Å²) in [5, 5.41) is 12.3. The van der Waals surface area contributed by atoms with Gasteiger partial charge >= 0.3 is 5.97 Å². The van der Waals surface area contributed by atoms with Crippen molar-refractivity contribution in [2.75, 3.05) is 11.9 Å². The first-order chi connectivity index (χ1) is 9.58. The van der Waals surface area contributed by atoms with E-state index in [1.54, 1.807) is 18.2 Å². The van der Waals surface area contributed by atoms with Gasteiger partial charge in [-0.1, -0.05) is 29.8 Å². The summed E-state index contributed by atoms with van der Waals surface area (Å²) in [6, 6.07) is 11.2. The number of anilines is 1. The van der Waals surface area contributed by atoms with Crippen LogP contribution in [-0.2, 0) is 6.42 Å². The van der Waals surface area contributed by atoms with E-state index in [0.29, 0.717) is 18.7 Å². The lowest BCUT2D eigenvalue weighted by Crippen LogP contribution is -2.10. The Morgan fingerprint density at radius 3 is 2.70 bits per heavy atom. The highest BCUT2D eigenvalue weighted by Crippen LogP contribution is 2.24. The van der Waals surface area contributed by atoms with Crippen LogP contribution >= 0.6 is 11.6 Å². The molecule has 0 radical (unpaired) electrons. The van der Waals surface area contributed by atoms with Gasteiger partial charge in [-0.05, 0) is 36.2 Å². The van der Waals surface area contributed by atoms with Crippen molar-refractivity contribution in [3.05, 3.63) is 64.4 Å². The molecule has 0 saturated carbocycles. The topological polar surface area (TPSA) is 49.3 Å². The summed E-state index contributed by atoms with van der Waals surface area (Å²) < 4.78 is 13.0. The summed E-state index contributed by atoms with van der Waals surface area (Å²) in [4.78, 5) is 11.1. The number of rotatable bonds is 5. The molecule has 0 aliphatic rings. The third-order valence-electron chi connectivity index (χ3n) is 2.85. The fourth-order valence-electron chi connectivity index (χ4n) is 1.92. The summed E-state index contributed by atoms with van der Waals surface area (Å²) in [6.45, 7) is 0.490. The number of hydrogen-bond donors (Lipinski definition) is 2. The zero-order valence-corrected chi connectivity index (χ0v) is 11.3. The predicted octanol–water partition coefficient (Wildman–Crippen LogP) is 3.83. The van der Waals surface area contributed by atoms with E-state index in [-0.39, 0.29) is 16.4 Å². The fourth-order valence-corrected chi connectivity index (χ4v) is 2.18. The lowest BCUT2D eigenvalue weighted by atomic mass is 10.1. The van der Waals surface area contributed by atoms with Crippen LogP contribution in [0.15, 0.2) is 42.5 Å². The minimum atomic E-state index is -1.08. The number of aromatic carboxylic acids is 1. The van der Waals surface area contributed by atoms with Crippen LogP contribution in [0.25, 0.3) is 0 Å². The van der Waals surface area contributed by atoms with Crippen LogP contribution in [0.5, 0.6) is 0 Å². The van der Waals surface area contributed by atoms with Crippen molar-refractivity contribution in [3.8, 4) is 0 Å². The summed E-state index contributed by atoms with van der Waals surface area (Å²) in [5.74, 6) is -1.36. The van der Waals surface area contributed by atoms with Crippen molar-refractivity contribution < 1.29 is 14.3 Å². The first kappa shape index (κ1) is 14.3. The summed E-state index contributed by atoms with van der Waals surface area (Å²) in [7, 11) is 0. The predicted molar refractivity (Wildman–Crippen MR) is 77.0 cm³/mol. The molecule has 0 spiro atoms. The highest BCUT2D eigenvalue weighted by Gasteiger charge is 2.13. The van der Waals surface area contributed by atoms with Gasteiger partial charge in [0.25, 0.3) is 0 Å². The molecule has 20 heavy (non-hydrogen) atoms. The molecular formula is C15H13ClFNO2. The molecule has 0 saturated heterocycles. The average Bonchev–Trinajstić information content (AvgIpc) is 2.38. The number of carboxylic acid groups (broad SMARTS) is 1. The largest absolute Gasteiger partial charge is 0.478 e. The molecule has 0 amide bonds. The molecule has 3 nitrogen and oxygen atoms in total. The number of carboxylic acids is 1. The van der Waals surface area contributed by atoms with Crippen LogP contribution < -0.4 is 5.32 Å². The van der Waals surface area contributed by atoms with E-state index in [9.17, 15) is 9.18 Å². The monoisotopic (exact) mass is 293 g/mol. The van der Waals surface area contributed by atoms with Crippen LogP contribution in [0.3, 0.4) is 0 Å². The van der Waals surface area contributed by atoms with E-state index in [1.807, 2.05) is 6.07 Å². The van der Waals surface area contributed by atoms with Crippen LogP contribution in [0.2, 0.25) is 5.02 Å². The van der Waals surface area contributed by atoms with Crippen LogP contribution in [-0.4, -0.2) is 17.6 Å². The van der Waals surface area contributed by atoms with Crippen molar-refractivity contribution >= 4 is 23.3 Å². The lowest BCUT2D eigenvalue weighted by Gasteiger charge is -2.10. The quantitative estimate of drug-likeness (QED) is 0.881. The average molecular weight is 294 g/mol. The Morgan fingerprint density at radius 2 is 2.00 bits per heavy atom. The molecule has 2 rings (SSSR count). The molecule has 2 N–H and O–H groups in total. The maximum Gasteiger partial charge on any atom is 0.339 e. The minimum absolute atomic E-state index is 0.0495. The van der Waals surface area contributed by atoms with Gasteiger partial charge in [0.15, 0.2) is 0 Å². The van der Waals surface area contributed by atoms with Crippen LogP contribution in [0, 0.1) is 5.82 Å². The number of nitrogens with one attached hydrogen (secondary N) is 1. The number of hydrogen-bond acceptors (Lipinski definition) is 2. The molecule has 104 valence electrons. The second-order valence-electron chi connectivity index (χ2n) is 4.27. The van der Waals surface area contributed by atoms with Crippen molar-refractivity contribution in [1.82, 2.24) is 0 Å². The lowest BCUT2D eigenvalue weighted by molar-refractivity contribution is 0.0698. The van der Waals surface area contributed by atoms with E-state index in [4.69, 9.17) is 16.7 Å². The Hall–Kier alpha value is -2.07. The van der Waals surface area contributed by atoms with Gasteiger partial charge in [0.1, 0.15) is 11.4 Å². The highest BCUT2D eigenvalue weighted by molar-refractivity contribution is 6.34. The molecule has 0 bridgehead atoms. The third kappa shape index (κ3) is 3.48. The van der Waals surface area contributed by atoms with E-state index < -0.39 is 5.97 Å². The molecule has 0 aromatic heterocycles. The smallest absolute Gasteiger partial charge is 0.339 e. The van der Waals surface area contributed by atoms with Gasteiger partial charge in [-0.15, -0.1) is 0 Å². The summed E-state index contributed by atoms with van der Waals surface area (Å²) in [6.07, 6.45) is 0.587. The van der Waals surface area contributed by atoms with E-state index in [2.05, 4.69) is 5.32 Å². The maximum absolute atomic E-state index is 13.0. The Morgan fingerprint density at radius 1 is 1.25 bits per heavy atom. The van der Waals surface area contributed by atoms with E-state index in [0.717, 1.165) is 5.56 Å². The SMILES string of the molecule is O=C(O)c1c(Cl)cccc1NCCc1cccc(F)c1. The molecule has 2 aromatic carbocycles. The zero-order valence-electron chi connectivity index (χ0n) is 10.6. The Labute approximate surface area is 121 Å². The Kier molecular flexibility index (Phi) is 4.58. The molecule has 0 atom stereocenters.